The average molecular weight is 526 g/mol. The fourth-order valence-corrected chi connectivity index (χ4v) is 5.81. The third-order valence-corrected chi connectivity index (χ3v) is 8.07. The summed E-state index contributed by atoms with van der Waals surface area (Å²) < 4.78 is 39.4. The van der Waals surface area contributed by atoms with Crippen LogP contribution in [0.5, 0.6) is 5.75 Å². The molecule has 2 heterocycles. The van der Waals surface area contributed by atoms with E-state index in [0.29, 0.717) is 30.1 Å². The highest BCUT2D eigenvalue weighted by Gasteiger charge is 2.41. The highest BCUT2D eigenvalue weighted by molar-refractivity contribution is 7.89. The van der Waals surface area contributed by atoms with Crippen LogP contribution in [0.3, 0.4) is 0 Å². The molecular formula is C26H27N3O7S. The quantitative estimate of drug-likeness (QED) is 0.414. The number of anilines is 1. The van der Waals surface area contributed by atoms with Gasteiger partial charge in [-0.1, -0.05) is 6.07 Å². The summed E-state index contributed by atoms with van der Waals surface area (Å²) in [6.45, 7) is -0.223. The van der Waals surface area contributed by atoms with Gasteiger partial charge in [-0.3, -0.25) is 19.0 Å². The molecule has 10 nitrogen and oxygen atoms in total. The molecule has 0 aliphatic carbocycles. The van der Waals surface area contributed by atoms with Gasteiger partial charge >= 0.3 is 5.97 Å². The van der Waals surface area contributed by atoms with Crippen LogP contribution in [0.15, 0.2) is 82.6 Å². The lowest BCUT2D eigenvalue weighted by Crippen LogP contribution is -2.55. The Kier molecular flexibility index (Phi) is 7.74. The van der Waals surface area contributed by atoms with Gasteiger partial charge in [-0.05, 0) is 67.4 Å². The van der Waals surface area contributed by atoms with Gasteiger partial charge in [0.1, 0.15) is 18.3 Å². The summed E-state index contributed by atoms with van der Waals surface area (Å²) in [4.78, 5) is 39.4. The maximum Gasteiger partial charge on any atom is 0.321 e. The van der Waals surface area contributed by atoms with Gasteiger partial charge in [0, 0.05) is 30.2 Å². The van der Waals surface area contributed by atoms with E-state index in [1.54, 1.807) is 42.6 Å². The molecule has 0 saturated carbocycles. The van der Waals surface area contributed by atoms with Crippen molar-refractivity contribution in [1.29, 1.82) is 0 Å². The number of hydrogen-bond donors (Lipinski definition) is 0. The molecule has 0 radical (unpaired) electrons. The smallest absolute Gasteiger partial charge is 0.321 e. The van der Waals surface area contributed by atoms with Crippen molar-refractivity contribution in [2.24, 2.45) is 0 Å². The lowest BCUT2D eigenvalue weighted by atomic mass is 10.0. The first-order valence-corrected chi connectivity index (χ1v) is 13.0. The maximum atomic E-state index is 13.6. The first-order chi connectivity index (χ1) is 17.8. The molecule has 1 fully saturated rings. The van der Waals surface area contributed by atoms with Crippen LogP contribution in [0.1, 0.15) is 12.8 Å². The van der Waals surface area contributed by atoms with Crippen LogP contribution >= 0.6 is 0 Å². The summed E-state index contributed by atoms with van der Waals surface area (Å²) in [7, 11) is -1.60. The van der Waals surface area contributed by atoms with Crippen molar-refractivity contribution in [3.8, 4) is 11.4 Å². The zero-order valence-electron chi connectivity index (χ0n) is 20.4. The Morgan fingerprint density at radius 3 is 2.27 bits per heavy atom. The standard InChI is InChI=1S/C26H27N3O7S/c1-35-21-12-14-22(15-13-21)37(33,34)29(18-25(31)36-2)23-6-5-17-28(26(23)32)20-10-8-19(9-11-20)27-16-4-3-7-24(27)30/h3-4,7-16,23H,5-6,17-18H2,1-2H3. The number of amides is 1. The van der Waals surface area contributed by atoms with E-state index in [1.807, 2.05) is 0 Å². The molecule has 3 aromatic rings. The number of ether oxygens (including phenoxy) is 2. The Hall–Kier alpha value is -3.96. The molecule has 1 aromatic heterocycles. The van der Waals surface area contributed by atoms with Crippen LogP contribution in [-0.2, 0) is 24.3 Å². The first kappa shape index (κ1) is 26.1. The topological polar surface area (TPSA) is 115 Å². The molecule has 1 atom stereocenters. The number of methoxy groups -OCH3 is 2. The van der Waals surface area contributed by atoms with Gasteiger partial charge < -0.3 is 14.4 Å². The number of sulfonamides is 1. The van der Waals surface area contributed by atoms with Gasteiger partial charge in [0.2, 0.25) is 15.9 Å². The number of rotatable bonds is 8. The van der Waals surface area contributed by atoms with Gasteiger partial charge in [0.05, 0.1) is 19.1 Å². The average Bonchev–Trinajstić information content (AvgIpc) is 2.92. The largest absolute Gasteiger partial charge is 0.497 e. The predicted octanol–water partition coefficient (Wildman–Crippen LogP) is 2.21. The van der Waals surface area contributed by atoms with Crippen LogP contribution in [-0.4, -0.2) is 62.5 Å². The summed E-state index contributed by atoms with van der Waals surface area (Å²) >= 11 is 0. The number of pyridine rings is 1. The van der Waals surface area contributed by atoms with Crippen molar-refractivity contribution < 1.29 is 27.5 Å². The van der Waals surface area contributed by atoms with Crippen LogP contribution in [0.25, 0.3) is 5.69 Å². The molecule has 1 unspecified atom stereocenters. The van der Waals surface area contributed by atoms with Gasteiger partial charge in [-0.15, -0.1) is 0 Å². The van der Waals surface area contributed by atoms with Gasteiger partial charge in [0.25, 0.3) is 5.56 Å². The van der Waals surface area contributed by atoms with Gasteiger partial charge in [0.15, 0.2) is 0 Å². The minimum absolute atomic E-state index is 0.0696. The highest BCUT2D eigenvalue weighted by atomic mass is 32.2. The summed E-state index contributed by atoms with van der Waals surface area (Å²) in [5, 5.41) is 0. The third-order valence-electron chi connectivity index (χ3n) is 6.20. The van der Waals surface area contributed by atoms with E-state index < -0.39 is 34.5 Å². The van der Waals surface area contributed by atoms with Gasteiger partial charge in [-0.2, -0.15) is 4.31 Å². The number of carbonyl (C=O) groups excluding carboxylic acids is 2. The summed E-state index contributed by atoms with van der Waals surface area (Å²) in [6.07, 6.45) is 2.42. The number of hydrogen-bond acceptors (Lipinski definition) is 7. The molecule has 11 heteroatoms. The fraction of sp³-hybridized carbons (Fsp3) is 0.269. The molecule has 4 rings (SSSR count). The molecule has 0 spiro atoms. The number of carbonyl (C=O) groups is 2. The predicted molar refractivity (Wildman–Crippen MR) is 136 cm³/mol. The zero-order chi connectivity index (χ0) is 26.6. The summed E-state index contributed by atoms with van der Waals surface area (Å²) in [5.41, 5.74) is 0.999. The Balaban J connectivity index is 1.65. The molecule has 0 bridgehead atoms. The number of aromatic nitrogens is 1. The molecule has 2 aromatic carbocycles. The molecule has 194 valence electrons. The van der Waals surface area contributed by atoms with E-state index in [4.69, 9.17) is 9.47 Å². The number of benzene rings is 2. The minimum Gasteiger partial charge on any atom is -0.497 e. The van der Waals surface area contributed by atoms with Crippen LogP contribution in [0.4, 0.5) is 5.69 Å². The van der Waals surface area contributed by atoms with E-state index in [1.165, 1.54) is 46.9 Å². The molecule has 1 aliphatic heterocycles. The monoisotopic (exact) mass is 525 g/mol. The van der Waals surface area contributed by atoms with E-state index >= 15 is 0 Å². The molecule has 0 N–H and O–H groups in total. The summed E-state index contributed by atoms with van der Waals surface area (Å²) in [6, 6.07) is 16.3. The second kappa shape index (κ2) is 11.0. The number of esters is 1. The fourth-order valence-electron chi connectivity index (χ4n) is 4.25. The van der Waals surface area contributed by atoms with Crippen molar-refractivity contribution in [1.82, 2.24) is 8.87 Å². The normalized spacial score (nSPS) is 16.0. The lowest BCUT2D eigenvalue weighted by Gasteiger charge is -2.37. The van der Waals surface area contributed by atoms with E-state index in [9.17, 15) is 22.8 Å². The van der Waals surface area contributed by atoms with E-state index in [2.05, 4.69) is 0 Å². The first-order valence-electron chi connectivity index (χ1n) is 11.6. The Labute approximate surface area is 214 Å². The molecule has 1 saturated heterocycles. The molecule has 37 heavy (non-hydrogen) atoms. The third kappa shape index (κ3) is 5.42. The van der Waals surface area contributed by atoms with Gasteiger partial charge in [-0.25, -0.2) is 8.42 Å². The second-order valence-corrected chi connectivity index (χ2v) is 10.3. The Bertz CT molecular complexity index is 1430. The number of piperidine rings is 1. The van der Waals surface area contributed by atoms with Crippen LogP contribution in [0.2, 0.25) is 0 Å². The SMILES string of the molecule is COC(=O)CN(C1CCCN(c2ccc(-n3ccccc3=O)cc2)C1=O)S(=O)(=O)c1ccc(OC)cc1. The van der Waals surface area contributed by atoms with Crippen molar-refractivity contribution >= 4 is 27.6 Å². The van der Waals surface area contributed by atoms with Crippen molar-refractivity contribution in [2.75, 3.05) is 32.2 Å². The number of nitrogens with zero attached hydrogens (tertiary/aromatic N) is 3. The zero-order valence-corrected chi connectivity index (χ0v) is 21.3. The van der Waals surface area contributed by atoms with Crippen LogP contribution in [0, 0.1) is 0 Å². The van der Waals surface area contributed by atoms with Crippen molar-refractivity contribution in [3.63, 3.8) is 0 Å². The molecule has 1 aliphatic rings. The second-order valence-electron chi connectivity index (χ2n) is 8.38. The molecular weight excluding hydrogens is 498 g/mol. The van der Waals surface area contributed by atoms with Crippen molar-refractivity contribution in [3.05, 3.63) is 83.3 Å². The maximum absolute atomic E-state index is 13.6. The minimum atomic E-state index is -4.23. The highest BCUT2D eigenvalue weighted by Crippen LogP contribution is 2.29. The summed E-state index contributed by atoms with van der Waals surface area (Å²) in [5.74, 6) is -0.754. The van der Waals surface area contributed by atoms with E-state index in [0.717, 1.165) is 11.4 Å². The van der Waals surface area contributed by atoms with Crippen LogP contribution < -0.4 is 15.2 Å². The lowest BCUT2D eigenvalue weighted by molar-refractivity contribution is -0.141. The Morgan fingerprint density at radius 2 is 1.65 bits per heavy atom. The van der Waals surface area contributed by atoms with E-state index in [-0.39, 0.29) is 16.9 Å². The molecule has 1 amide bonds. The van der Waals surface area contributed by atoms with Crippen molar-refractivity contribution in [2.45, 2.75) is 23.8 Å². The Morgan fingerprint density at radius 1 is 0.973 bits per heavy atom.